The Bertz CT molecular complexity index is 554. The van der Waals surface area contributed by atoms with Crippen molar-refractivity contribution >= 4 is 11.3 Å². The molecule has 0 bridgehead atoms. The summed E-state index contributed by atoms with van der Waals surface area (Å²) in [7, 11) is 0. The first kappa shape index (κ1) is 12.7. The zero-order valence-electron chi connectivity index (χ0n) is 11.1. The molecule has 0 saturated heterocycles. The third kappa shape index (κ3) is 2.55. The number of hydrogen-bond acceptors (Lipinski definition) is 6. The molecular weight excluding hydrogens is 260 g/mol. The van der Waals surface area contributed by atoms with Crippen LogP contribution in [0.3, 0.4) is 0 Å². The molecule has 1 saturated carbocycles. The van der Waals surface area contributed by atoms with Gasteiger partial charge in [0.1, 0.15) is 5.69 Å². The Morgan fingerprint density at radius 2 is 1.95 bits per heavy atom. The number of aryl methyl sites for hydroxylation is 1. The topological polar surface area (TPSA) is 77.8 Å². The monoisotopic (exact) mass is 278 g/mol. The van der Waals surface area contributed by atoms with Gasteiger partial charge in [0.05, 0.1) is 10.5 Å². The largest absolute Gasteiger partial charge is 0.332 e. The molecule has 2 N–H and O–H groups in total. The highest BCUT2D eigenvalue weighted by Crippen LogP contribution is 2.33. The molecule has 0 unspecified atom stereocenters. The van der Waals surface area contributed by atoms with Crippen molar-refractivity contribution in [2.24, 2.45) is 5.73 Å². The minimum absolute atomic E-state index is 0.427. The molecule has 0 atom stereocenters. The number of aromatic nitrogens is 3. The SMILES string of the molecule is Cc1nc(-c2nc(C3(N)CCCCCC3)no2)cs1. The Kier molecular flexibility index (Phi) is 3.36. The van der Waals surface area contributed by atoms with Crippen molar-refractivity contribution in [2.75, 3.05) is 0 Å². The number of thiazole rings is 1. The summed E-state index contributed by atoms with van der Waals surface area (Å²) in [5.74, 6) is 1.11. The van der Waals surface area contributed by atoms with Gasteiger partial charge in [-0.15, -0.1) is 11.3 Å². The summed E-state index contributed by atoms with van der Waals surface area (Å²) >= 11 is 1.58. The minimum atomic E-state index is -0.427. The minimum Gasteiger partial charge on any atom is -0.332 e. The van der Waals surface area contributed by atoms with E-state index in [0.717, 1.165) is 36.4 Å². The Labute approximate surface area is 116 Å². The van der Waals surface area contributed by atoms with Crippen molar-refractivity contribution in [3.8, 4) is 11.6 Å². The first-order chi connectivity index (χ1) is 9.17. The average molecular weight is 278 g/mol. The summed E-state index contributed by atoms with van der Waals surface area (Å²) in [5, 5.41) is 7.02. The van der Waals surface area contributed by atoms with Gasteiger partial charge < -0.3 is 10.3 Å². The maximum atomic E-state index is 6.47. The summed E-state index contributed by atoms with van der Waals surface area (Å²) in [5.41, 5.74) is 6.80. The molecule has 2 aromatic heterocycles. The lowest BCUT2D eigenvalue weighted by Gasteiger charge is -2.23. The normalized spacial score (nSPS) is 19.3. The number of hydrogen-bond donors (Lipinski definition) is 1. The molecule has 19 heavy (non-hydrogen) atoms. The van der Waals surface area contributed by atoms with Gasteiger partial charge in [-0.25, -0.2) is 4.98 Å². The van der Waals surface area contributed by atoms with Crippen LogP contribution < -0.4 is 5.73 Å². The molecule has 0 radical (unpaired) electrons. The van der Waals surface area contributed by atoms with Crippen LogP contribution in [-0.2, 0) is 5.54 Å². The van der Waals surface area contributed by atoms with E-state index in [1.54, 1.807) is 11.3 Å². The van der Waals surface area contributed by atoms with Gasteiger partial charge in [0.15, 0.2) is 5.82 Å². The highest BCUT2D eigenvalue weighted by molar-refractivity contribution is 7.09. The zero-order chi connectivity index (χ0) is 13.3. The van der Waals surface area contributed by atoms with Gasteiger partial charge >= 0.3 is 0 Å². The van der Waals surface area contributed by atoms with Crippen LogP contribution in [-0.4, -0.2) is 15.1 Å². The first-order valence-electron chi connectivity index (χ1n) is 6.73. The molecule has 1 fully saturated rings. The molecule has 2 heterocycles. The number of nitrogens with two attached hydrogens (primary N) is 1. The first-order valence-corrected chi connectivity index (χ1v) is 7.61. The second kappa shape index (κ2) is 5.02. The van der Waals surface area contributed by atoms with Gasteiger partial charge in [0, 0.05) is 5.38 Å². The van der Waals surface area contributed by atoms with E-state index in [2.05, 4.69) is 15.1 Å². The predicted octanol–water partition coefficient (Wildman–Crippen LogP) is 3.01. The van der Waals surface area contributed by atoms with Gasteiger partial charge in [0.2, 0.25) is 0 Å². The summed E-state index contributed by atoms with van der Waals surface area (Å²) in [4.78, 5) is 8.83. The van der Waals surface area contributed by atoms with Crippen LogP contribution in [0.4, 0.5) is 0 Å². The van der Waals surface area contributed by atoms with Gasteiger partial charge in [-0.1, -0.05) is 30.8 Å². The van der Waals surface area contributed by atoms with Gasteiger partial charge in [-0.2, -0.15) is 4.98 Å². The van der Waals surface area contributed by atoms with Gasteiger partial charge in [0.25, 0.3) is 5.89 Å². The van der Waals surface area contributed by atoms with Gasteiger partial charge in [-0.3, -0.25) is 0 Å². The Morgan fingerprint density at radius 3 is 2.58 bits per heavy atom. The van der Waals surface area contributed by atoms with Crippen LogP contribution in [0.2, 0.25) is 0 Å². The van der Waals surface area contributed by atoms with Crippen molar-refractivity contribution < 1.29 is 4.52 Å². The Hall–Kier alpha value is -1.27. The maximum absolute atomic E-state index is 6.47. The lowest BCUT2D eigenvalue weighted by atomic mass is 9.91. The molecule has 2 aromatic rings. The van der Waals surface area contributed by atoms with Crippen LogP contribution >= 0.6 is 11.3 Å². The summed E-state index contributed by atoms with van der Waals surface area (Å²) in [6.45, 7) is 1.96. The third-order valence-corrected chi connectivity index (χ3v) is 4.48. The second-order valence-corrected chi connectivity index (χ2v) is 6.31. The van der Waals surface area contributed by atoms with Gasteiger partial charge in [-0.05, 0) is 19.8 Å². The van der Waals surface area contributed by atoms with Crippen molar-refractivity contribution in [2.45, 2.75) is 51.0 Å². The lowest BCUT2D eigenvalue weighted by Crippen LogP contribution is -2.37. The molecule has 0 aliphatic heterocycles. The average Bonchev–Trinajstić information content (AvgIpc) is 2.97. The smallest absolute Gasteiger partial charge is 0.277 e. The second-order valence-electron chi connectivity index (χ2n) is 5.25. The fourth-order valence-electron chi connectivity index (χ4n) is 2.57. The van der Waals surface area contributed by atoms with Crippen molar-refractivity contribution in [1.82, 2.24) is 15.1 Å². The third-order valence-electron chi connectivity index (χ3n) is 3.71. The summed E-state index contributed by atoms with van der Waals surface area (Å²) in [6, 6.07) is 0. The quantitative estimate of drug-likeness (QED) is 0.854. The van der Waals surface area contributed by atoms with E-state index in [1.807, 2.05) is 12.3 Å². The molecule has 5 nitrogen and oxygen atoms in total. The molecule has 6 heteroatoms. The van der Waals surface area contributed by atoms with Crippen molar-refractivity contribution in [3.63, 3.8) is 0 Å². The van der Waals surface area contributed by atoms with Crippen molar-refractivity contribution in [3.05, 3.63) is 16.2 Å². The maximum Gasteiger partial charge on any atom is 0.277 e. The van der Waals surface area contributed by atoms with Crippen LogP contribution in [0.15, 0.2) is 9.90 Å². The number of nitrogens with zero attached hydrogens (tertiary/aromatic N) is 3. The van der Waals surface area contributed by atoms with Crippen LogP contribution in [0.5, 0.6) is 0 Å². The van der Waals surface area contributed by atoms with E-state index < -0.39 is 5.54 Å². The van der Waals surface area contributed by atoms with Crippen LogP contribution in [0.1, 0.15) is 49.4 Å². The van der Waals surface area contributed by atoms with E-state index in [0.29, 0.717) is 11.7 Å². The van der Waals surface area contributed by atoms with E-state index in [9.17, 15) is 0 Å². The predicted molar refractivity (Wildman–Crippen MR) is 73.7 cm³/mol. The standard InChI is InChI=1S/C13H18N4OS/c1-9-15-10(8-19-9)11-16-12(17-18-11)13(14)6-4-2-3-5-7-13/h8H,2-7,14H2,1H3. The molecule has 0 aromatic carbocycles. The highest BCUT2D eigenvalue weighted by Gasteiger charge is 2.33. The Morgan fingerprint density at radius 1 is 1.21 bits per heavy atom. The van der Waals surface area contributed by atoms with E-state index in [1.165, 1.54) is 12.8 Å². The molecule has 1 aliphatic rings. The van der Waals surface area contributed by atoms with E-state index in [-0.39, 0.29) is 0 Å². The van der Waals surface area contributed by atoms with E-state index >= 15 is 0 Å². The fourth-order valence-corrected chi connectivity index (χ4v) is 3.16. The number of rotatable bonds is 2. The fraction of sp³-hybridized carbons (Fsp3) is 0.615. The Balaban J connectivity index is 1.87. The molecular formula is C13H18N4OS. The molecule has 3 rings (SSSR count). The van der Waals surface area contributed by atoms with Crippen LogP contribution in [0, 0.1) is 6.92 Å². The molecule has 102 valence electrons. The zero-order valence-corrected chi connectivity index (χ0v) is 11.9. The molecule has 0 spiro atoms. The molecule has 1 aliphatic carbocycles. The highest BCUT2D eigenvalue weighted by atomic mass is 32.1. The van der Waals surface area contributed by atoms with Crippen molar-refractivity contribution in [1.29, 1.82) is 0 Å². The summed E-state index contributed by atoms with van der Waals surface area (Å²) < 4.78 is 5.33. The van der Waals surface area contributed by atoms with E-state index in [4.69, 9.17) is 10.3 Å². The van der Waals surface area contributed by atoms with Crippen LogP contribution in [0.25, 0.3) is 11.6 Å². The lowest BCUT2D eigenvalue weighted by molar-refractivity contribution is 0.334. The summed E-state index contributed by atoms with van der Waals surface area (Å²) in [6.07, 6.45) is 6.63. The molecule has 0 amide bonds.